The van der Waals surface area contributed by atoms with Gasteiger partial charge in [0.25, 0.3) is 0 Å². The van der Waals surface area contributed by atoms with Gasteiger partial charge in [-0.25, -0.2) is 0 Å². The molecule has 0 atom stereocenters. The summed E-state index contributed by atoms with van der Waals surface area (Å²) in [6, 6.07) is 5.38. The van der Waals surface area contributed by atoms with Crippen molar-refractivity contribution in [2.24, 2.45) is 0 Å². The standard InChI is InChI=1S/C13H17Cl2NO2/c1-9(2)18-8-12(17)16(3)7-10-5-4-6-11(14)13(10)15/h4-6,9H,7-8H2,1-3H3. The fraction of sp³-hybridized carbons (Fsp3) is 0.462. The van der Waals surface area contributed by atoms with Crippen LogP contribution in [0.4, 0.5) is 0 Å². The molecule has 0 aliphatic carbocycles. The first-order valence-electron chi connectivity index (χ1n) is 5.70. The fourth-order valence-electron chi connectivity index (χ4n) is 1.36. The van der Waals surface area contributed by atoms with Crippen molar-refractivity contribution < 1.29 is 9.53 Å². The van der Waals surface area contributed by atoms with Crippen LogP contribution in [0.2, 0.25) is 10.0 Å². The lowest BCUT2D eigenvalue weighted by molar-refractivity contribution is -0.136. The summed E-state index contributed by atoms with van der Waals surface area (Å²) >= 11 is 12.0. The van der Waals surface area contributed by atoms with Gasteiger partial charge in [0.05, 0.1) is 16.1 Å². The molecule has 1 rings (SSSR count). The Kier molecular flexibility index (Phi) is 5.93. The van der Waals surface area contributed by atoms with E-state index < -0.39 is 0 Å². The van der Waals surface area contributed by atoms with Crippen LogP contribution in [0.5, 0.6) is 0 Å². The number of ether oxygens (including phenoxy) is 1. The summed E-state index contributed by atoms with van der Waals surface area (Å²) < 4.78 is 5.27. The number of carbonyl (C=O) groups excluding carboxylic acids is 1. The number of carbonyl (C=O) groups is 1. The van der Waals surface area contributed by atoms with Crippen LogP contribution in [0.15, 0.2) is 18.2 Å². The average molecular weight is 290 g/mol. The molecule has 1 amide bonds. The molecule has 18 heavy (non-hydrogen) atoms. The molecule has 0 aliphatic heterocycles. The van der Waals surface area contributed by atoms with Crippen LogP contribution in [-0.4, -0.2) is 30.6 Å². The highest BCUT2D eigenvalue weighted by molar-refractivity contribution is 6.42. The van der Waals surface area contributed by atoms with Crippen molar-refractivity contribution in [3.05, 3.63) is 33.8 Å². The van der Waals surface area contributed by atoms with Gasteiger partial charge in [-0.05, 0) is 25.5 Å². The smallest absolute Gasteiger partial charge is 0.248 e. The zero-order valence-electron chi connectivity index (χ0n) is 10.7. The third-order valence-corrected chi connectivity index (χ3v) is 3.26. The van der Waals surface area contributed by atoms with Crippen molar-refractivity contribution >= 4 is 29.1 Å². The second-order valence-corrected chi connectivity index (χ2v) is 5.11. The molecule has 5 heteroatoms. The Bertz CT molecular complexity index is 421. The molecule has 3 nitrogen and oxygen atoms in total. The molecule has 0 unspecified atom stereocenters. The summed E-state index contributed by atoms with van der Waals surface area (Å²) in [5, 5.41) is 0.983. The summed E-state index contributed by atoms with van der Waals surface area (Å²) in [6.45, 7) is 4.27. The minimum Gasteiger partial charge on any atom is -0.369 e. The van der Waals surface area contributed by atoms with E-state index in [4.69, 9.17) is 27.9 Å². The molecule has 0 N–H and O–H groups in total. The maximum Gasteiger partial charge on any atom is 0.248 e. The first kappa shape index (κ1) is 15.3. The average Bonchev–Trinajstić information content (AvgIpc) is 2.31. The van der Waals surface area contributed by atoms with Crippen molar-refractivity contribution in [2.75, 3.05) is 13.7 Å². The minimum atomic E-state index is -0.0836. The molecular weight excluding hydrogens is 273 g/mol. The molecule has 0 aliphatic rings. The predicted octanol–water partition coefficient (Wildman–Crippen LogP) is 3.38. The Balaban J connectivity index is 2.61. The molecule has 0 spiro atoms. The van der Waals surface area contributed by atoms with Crippen LogP contribution in [0.25, 0.3) is 0 Å². The Labute approximate surface area is 118 Å². The first-order chi connectivity index (χ1) is 8.41. The molecule has 100 valence electrons. The van der Waals surface area contributed by atoms with Crippen LogP contribution in [0, 0.1) is 0 Å². The number of hydrogen-bond donors (Lipinski definition) is 0. The van der Waals surface area contributed by atoms with E-state index >= 15 is 0 Å². The van der Waals surface area contributed by atoms with Crippen LogP contribution in [0.3, 0.4) is 0 Å². The van der Waals surface area contributed by atoms with Crippen molar-refractivity contribution in [1.82, 2.24) is 4.90 Å². The highest BCUT2D eigenvalue weighted by Crippen LogP contribution is 2.26. The number of amides is 1. The topological polar surface area (TPSA) is 29.5 Å². The van der Waals surface area contributed by atoms with Gasteiger partial charge in [-0.15, -0.1) is 0 Å². The van der Waals surface area contributed by atoms with Crippen LogP contribution in [0.1, 0.15) is 19.4 Å². The Morgan fingerprint density at radius 2 is 2.06 bits per heavy atom. The molecular formula is C13H17Cl2NO2. The van der Waals surface area contributed by atoms with E-state index in [0.717, 1.165) is 5.56 Å². The lowest BCUT2D eigenvalue weighted by Crippen LogP contribution is -2.30. The molecule has 0 saturated carbocycles. The van der Waals surface area contributed by atoms with E-state index in [1.165, 1.54) is 0 Å². The van der Waals surface area contributed by atoms with Gasteiger partial charge in [0.15, 0.2) is 0 Å². The van der Waals surface area contributed by atoms with Crippen LogP contribution in [-0.2, 0) is 16.1 Å². The van der Waals surface area contributed by atoms with Gasteiger partial charge in [-0.1, -0.05) is 35.3 Å². The third-order valence-electron chi connectivity index (χ3n) is 2.40. The van der Waals surface area contributed by atoms with Crippen LogP contribution < -0.4 is 0 Å². The predicted molar refractivity (Wildman–Crippen MR) is 74.0 cm³/mol. The van der Waals surface area contributed by atoms with E-state index in [2.05, 4.69) is 0 Å². The van der Waals surface area contributed by atoms with E-state index in [9.17, 15) is 4.79 Å². The SMILES string of the molecule is CC(C)OCC(=O)N(C)Cc1cccc(Cl)c1Cl. The number of rotatable bonds is 5. The maximum absolute atomic E-state index is 11.8. The molecule has 1 aromatic rings. The Hall–Kier alpha value is -0.770. The zero-order valence-corrected chi connectivity index (χ0v) is 12.3. The number of halogens is 2. The Morgan fingerprint density at radius 1 is 1.39 bits per heavy atom. The molecule has 0 fully saturated rings. The molecule has 0 bridgehead atoms. The van der Waals surface area contributed by atoms with Gasteiger partial charge >= 0.3 is 0 Å². The minimum absolute atomic E-state index is 0.0390. The molecule has 0 aromatic heterocycles. The van der Waals surface area contributed by atoms with E-state index in [0.29, 0.717) is 16.6 Å². The largest absolute Gasteiger partial charge is 0.369 e. The summed E-state index contributed by atoms with van der Waals surface area (Å²) in [6.07, 6.45) is 0.0390. The summed E-state index contributed by atoms with van der Waals surface area (Å²) in [4.78, 5) is 13.3. The number of hydrogen-bond acceptors (Lipinski definition) is 2. The second-order valence-electron chi connectivity index (χ2n) is 4.32. The molecule has 0 radical (unpaired) electrons. The highest BCUT2D eigenvalue weighted by Gasteiger charge is 2.12. The van der Waals surface area contributed by atoms with E-state index in [1.54, 1.807) is 18.0 Å². The lowest BCUT2D eigenvalue weighted by atomic mass is 10.2. The molecule has 0 saturated heterocycles. The lowest BCUT2D eigenvalue weighted by Gasteiger charge is -2.19. The van der Waals surface area contributed by atoms with Crippen molar-refractivity contribution in [2.45, 2.75) is 26.5 Å². The van der Waals surface area contributed by atoms with Gasteiger partial charge < -0.3 is 9.64 Å². The fourth-order valence-corrected chi connectivity index (χ4v) is 1.74. The number of benzene rings is 1. The zero-order chi connectivity index (χ0) is 13.7. The van der Waals surface area contributed by atoms with Crippen molar-refractivity contribution in [3.63, 3.8) is 0 Å². The number of nitrogens with zero attached hydrogens (tertiary/aromatic N) is 1. The highest BCUT2D eigenvalue weighted by atomic mass is 35.5. The van der Waals surface area contributed by atoms with Gasteiger partial charge in [0.2, 0.25) is 5.91 Å². The van der Waals surface area contributed by atoms with Crippen LogP contribution >= 0.6 is 23.2 Å². The third kappa shape index (κ3) is 4.48. The second kappa shape index (κ2) is 6.98. The van der Waals surface area contributed by atoms with E-state index in [-0.39, 0.29) is 18.6 Å². The summed E-state index contributed by atoms with van der Waals surface area (Å²) in [5.41, 5.74) is 0.824. The van der Waals surface area contributed by atoms with Crippen molar-refractivity contribution in [1.29, 1.82) is 0 Å². The maximum atomic E-state index is 11.8. The molecule has 0 heterocycles. The normalized spacial score (nSPS) is 10.8. The summed E-state index contributed by atoms with van der Waals surface area (Å²) in [7, 11) is 1.71. The molecule has 1 aromatic carbocycles. The van der Waals surface area contributed by atoms with Gasteiger partial charge in [0.1, 0.15) is 6.61 Å². The van der Waals surface area contributed by atoms with E-state index in [1.807, 2.05) is 26.0 Å². The van der Waals surface area contributed by atoms with Gasteiger partial charge in [-0.2, -0.15) is 0 Å². The quantitative estimate of drug-likeness (QED) is 0.832. The van der Waals surface area contributed by atoms with Crippen molar-refractivity contribution in [3.8, 4) is 0 Å². The summed E-state index contributed by atoms with van der Waals surface area (Å²) in [5.74, 6) is -0.0836. The van der Waals surface area contributed by atoms with Gasteiger partial charge in [-0.3, -0.25) is 4.79 Å². The first-order valence-corrected chi connectivity index (χ1v) is 6.46. The Morgan fingerprint density at radius 3 is 2.67 bits per heavy atom. The number of likely N-dealkylation sites (N-methyl/N-ethyl adjacent to an activating group) is 1. The monoisotopic (exact) mass is 289 g/mol. The van der Waals surface area contributed by atoms with Gasteiger partial charge in [0, 0.05) is 13.6 Å².